The van der Waals surface area contributed by atoms with Gasteiger partial charge in [0.15, 0.2) is 0 Å². The van der Waals surface area contributed by atoms with Crippen molar-refractivity contribution in [1.82, 2.24) is 0 Å². The maximum absolute atomic E-state index is 5.57. The van der Waals surface area contributed by atoms with E-state index in [1.54, 1.807) is 0 Å². The molecule has 0 bridgehead atoms. The van der Waals surface area contributed by atoms with Crippen LogP contribution in [0.5, 0.6) is 5.75 Å². The fourth-order valence-corrected chi connectivity index (χ4v) is 2.29. The predicted molar refractivity (Wildman–Crippen MR) is 67.1 cm³/mol. The molecule has 5 heteroatoms. The van der Waals surface area contributed by atoms with E-state index in [-0.39, 0.29) is 7.12 Å². The second kappa shape index (κ2) is 5.21. The van der Waals surface area contributed by atoms with Gasteiger partial charge in [-0.1, -0.05) is 29.8 Å². The molecule has 1 aromatic carbocycles. The van der Waals surface area contributed by atoms with E-state index in [2.05, 4.69) is 15.9 Å². The van der Waals surface area contributed by atoms with Gasteiger partial charge in [-0.25, -0.2) is 0 Å². The first-order valence-electron chi connectivity index (χ1n) is 5.53. The molecule has 86 valence electrons. The lowest BCUT2D eigenvalue weighted by molar-refractivity contribution is 0.179. The van der Waals surface area contributed by atoms with Gasteiger partial charge in [0, 0.05) is 9.94 Å². The molecule has 0 aromatic heterocycles. The van der Waals surface area contributed by atoms with Gasteiger partial charge in [-0.3, -0.25) is 0 Å². The maximum Gasteiger partial charge on any atom is 0.498 e. The molecule has 3 nitrogen and oxygen atoms in total. The minimum absolute atomic E-state index is 0.236. The number of hydrogen-bond acceptors (Lipinski definition) is 3. The fraction of sp³-hybridized carbons (Fsp3) is 0.455. The summed E-state index contributed by atoms with van der Waals surface area (Å²) in [5.74, 6) is 0.892. The molecule has 16 heavy (non-hydrogen) atoms. The molecule has 0 atom stereocenters. The van der Waals surface area contributed by atoms with E-state index in [0.717, 1.165) is 21.2 Å². The quantitative estimate of drug-likeness (QED) is 0.683. The van der Waals surface area contributed by atoms with E-state index in [9.17, 15) is 0 Å². The summed E-state index contributed by atoms with van der Waals surface area (Å²) in [5.41, 5.74) is 2.20. The summed E-state index contributed by atoms with van der Waals surface area (Å²) >= 11 is 3.50. The third kappa shape index (κ3) is 1.99. The van der Waals surface area contributed by atoms with Crippen molar-refractivity contribution >= 4 is 28.5 Å². The van der Waals surface area contributed by atoms with Crippen molar-refractivity contribution in [3.63, 3.8) is 0 Å². The second-order valence-corrected chi connectivity index (χ2v) is 4.15. The third-order valence-corrected chi connectivity index (χ3v) is 3.23. The van der Waals surface area contributed by atoms with Gasteiger partial charge in [0.25, 0.3) is 0 Å². The van der Waals surface area contributed by atoms with Crippen LogP contribution in [0.3, 0.4) is 0 Å². The van der Waals surface area contributed by atoms with E-state index in [4.69, 9.17) is 14.0 Å². The molecule has 1 aromatic rings. The highest BCUT2D eigenvalue weighted by Crippen LogP contribution is 2.27. The summed E-state index contributed by atoms with van der Waals surface area (Å²) in [5, 5.41) is 0. The Bertz CT molecular complexity index is 384. The lowest BCUT2D eigenvalue weighted by atomic mass is 9.78. The Labute approximate surface area is 104 Å². The smallest absolute Gasteiger partial charge is 0.492 e. The SMILES string of the molecule is Brc1ccc2c3c1COB3OCCO2.CC. The molecule has 2 heterocycles. The Morgan fingerprint density at radius 3 is 2.81 bits per heavy atom. The van der Waals surface area contributed by atoms with Crippen LogP contribution < -0.4 is 10.2 Å². The van der Waals surface area contributed by atoms with Crippen LogP contribution in [0.15, 0.2) is 16.6 Å². The Balaban J connectivity index is 0.000000457. The number of benzene rings is 1. The van der Waals surface area contributed by atoms with Crippen LogP contribution in [0.25, 0.3) is 0 Å². The van der Waals surface area contributed by atoms with Crippen molar-refractivity contribution < 1.29 is 14.0 Å². The van der Waals surface area contributed by atoms with Gasteiger partial charge in [0.2, 0.25) is 0 Å². The fourth-order valence-electron chi connectivity index (χ4n) is 1.83. The van der Waals surface area contributed by atoms with E-state index in [1.807, 2.05) is 26.0 Å². The molecule has 0 unspecified atom stereocenters. The molecule has 0 saturated carbocycles. The van der Waals surface area contributed by atoms with Gasteiger partial charge in [0.05, 0.1) is 13.2 Å². The van der Waals surface area contributed by atoms with Crippen LogP contribution in [0, 0.1) is 0 Å². The van der Waals surface area contributed by atoms with Crippen LogP contribution in [0.4, 0.5) is 0 Å². The average Bonchev–Trinajstić information content (AvgIpc) is 2.65. The minimum atomic E-state index is -0.236. The predicted octanol–water partition coefficient (Wildman–Crippen LogP) is 2.11. The molecule has 0 fully saturated rings. The highest BCUT2D eigenvalue weighted by atomic mass is 79.9. The zero-order valence-electron chi connectivity index (χ0n) is 9.46. The van der Waals surface area contributed by atoms with Crippen molar-refractivity contribution in [2.75, 3.05) is 13.2 Å². The Morgan fingerprint density at radius 2 is 2.00 bits per heavy atom. The summed E-state index contributed by atoms with van der Waals surface area (Å²) < 4.78 is 17.7. The van der Waals surface area contributed by atoms with Crippen molar-refractivity contribution in [2.24, 2.45) is 0 Å². The maximum atomic E-state index is 5.57. The molecule has 0 N–H and O–H groups in total. The molecule has 0 saturated heterocycles. The number of ether oxygens (including phenoxy) is 1. The monoisotopic (exact) mass is 284 g/mol. The van der Waals surface area contributed by atoms with Gasteiger partial charge in [0.1, 0.15) is 12.4 Å². The zero-order valence-corrected chi connectivity index (χ0v) is 11.0. The molecule has 2 aliphatic heterocycles. The van der Waals surface area contributed by atoms with Gasteiger partial charge in [-0.15, -0.1) is 0 Å². The van der Waals surface area contributed by atoms with Crippen molar-refractivity contribution in [3.8, 4) is 5.75 Å². The summed E-state index contributed by atoms with van der Waals surface area (Å²) in [6.07, 6.45) is 0. The Hall–Kier alpha value is -0.515. The third-order valence-electron chi connectivity index (χ3n) is 2.48. The molecule has 0 radical (unpaired) electrons. The lowest BCUT2D eigenvalue weighted by Gasteiger charge is -2.07. The van der Waals surface area contributed by atoms with Crippen LogP contribution >= 0.6 is 15.9 Å². The topological polar surface area (TPSA) is 27.7 Å². The van der Waals surface area contributed by atoms with Gasteiger partial charge in [-0.05, 0) is 17.7 Å². The Morgan fingerprint density at radius 1 is 1.19 bits per heavy atom. The molecule has 2 aliphatic rings. The van der Waals surface area contributed by atoms with Crippen molar-refractivity contribution in [2.45, 2.75) is 20.5 Å². The summed E-state index contributed by atoms with van der Waals surface area (Å²) in [6, 6.07) is 3.95. The first-order chi connectivity index (χ1) is 7.86. The van der Waals surface area contributed by atoms with Crippen molar-refractivity contribution in [3.05, 3.63) is 22.2 Å². The lowest BCUT2D eigenvalue weighted by Crippen LogP contribution is -2.31. The van der Waals surface area contributed by atoms with E-state index in [1.165, 1.54) is 0 Å². The molecular weight excluding hydrogens is 271 g/mol. The molecule has 3 rings (SSSR count). The van der Waals surface area contributed by atoms with Gasteiger partial charge in [-0.2, -0.15) is 0 Å². The van der Waals surface area contributed by atoms with Gasteiger partial charge < -0.3 is 14.0 Å². The molecule has 0 spiro atoms. The summed E-state index contributed by atoms with van der Waals surface area (Å²) in [4.78, 5) is 0. The normalized spacial score (nSPS) is 16.8. The first kappa shape index (κ1) is 12.0. The largest absolute Gasteiger partial charge is 0.498 e. The highest BCUT2D eigenvalue weighted by Gasteiger charge is 2.36. The summed E-state index contributed by atoms with van der Waals surface area (Å²) in [6.45, 7) is 5.77. The second-order valence-electron chi connectivity index (χ2n) is 3.30. The van der Waals surface area contributed by atoms with Gasteiger partial charge >= 0.3 is 7.12 Å². The molecule has 0 amide bonds. The standard InChI is InChI=1S/C9H8BBrO3.C2H6/c11-7-1-2-8-9-6(7)5-14-10(9)13-4-3-12-8;1-2/h1-2H,3-5H2;1-2H3. The van der Waals surface area contributed by atoms with E-state index >= 15 is 0 Å². The number of rotatable bonds is 0. The van der Waals surface area contributed by atoms with Crippen molar-refractivity contribution in [1.29, 1.82) is 0 Å². The van der Waals surface area contributed by atoms with Crippen LogP contribution in [0.2, 0.25) is 0 Å². The first-order valence-corrected chi connectivity index (χ1v) is 6.33. The van der Waals surface area contributed by atoms with Crippen LogP contribution in [-0.2, 0) is 15.9 Å². The van der Waals surface area contributed by atoms with Crippen LogP contribution in [0.1, 0.15) is 19.4 Å². The van der Waals surface area contributed by atoms with E-state index in [0.29, 0.717) is 19.8 Å². The summed E-state index contributed by atoms with van der Waals surface area (Å²) in [7, 11) is -0.236. The zero-order chi connectivity index (χ0) is 11.5. The van der Waals surface area contributed by atoms with Crippen LogP contribution in [-0.4, -0.2) is 20.3 Å². The molecular formula is C11H14BBrO3. The number of hydrogen-bond donors (Lipinski definition) is 0. The molecule has 0 aliphatic carbocycles. The Kier molecular flexibility index (Phi) is 3.89. The minimum Gasteiger partial charge on any atom is -0.492 e. The highest BCUT2D eigenvalue weighted by molar-refractivity contribution is 9.10. The van der Waals surface area contributed by atoms with E-state index < -0.39 is 0 Å². The number of halogens is 1. The average molecular weight is 285 g/mol.